The van der Waals surface area contributed by atoms with Crippen LogP contribution in [0.4, 0.5) is 11.5 Å². The van der Waals surface area contributed by atoms with Gasteiger partial charge in [0.15, 0.2) is 0 Å². The maximum atomic E-state index is 13.4. The third-order valence-electron chi connectivity index (χ3n) is 7.97. The Morgan fingerprint density at radius 2 is 1.83 bits per heavy atom. The first-order valence-corrected chi connectivity index (χ1v) is 13.6. The Hall–Kier alpha value is -4.38. The van der Waals surface area contributed by atoms with Crippen molar-refractivity contribution in [3.8, 4) is 11.1 Å². The maximum Gasteiger partial charge on any atom is 0.263 e. The van der Waals surface area contributed by atoms with Crippen LogP contribution >= 0.6 is 0 Å². The summed E-state index contributed by atoms with van der Waals surface area (Å²) in [4.78, 5) is 52.4. The third kappa shape index (κ3) is 5.20. The number of piperazine rings is 1. The second-order valence-electron chi connectivity index (χ2n) is 11.0. The van der Waals surface area contributed by atoms with E-state index in [2.05, 4.69) is 39.1 Å². The van der Waals surface area contributed by atoms with Gasteiger partial charge in [0.05, 0.1) is 11.7 Å². The van der Waals surface area contributed by atoms with Crippen LogP contribution in [-0.2, 0) is 18.4 Å². The number of nitrogens with one attached hydrogen (secondary N) is 1. The molecular formula is C29H32B2N8O3. The second kappa shape index (κ2) is 11.1. The molecule has 1 aliphatic rings. The van der Waals surface area contributed by atoms with Crippen molar-refractivity contribution < 1.29 is 9.59 Å². The van der Waals surface area contributed by atoms with Gasteiger partial charge in [0.2, 0.25) is 11.8 Å². The summed E-state index contributed by atoms with van der Waals surface area (Å²) in [7, 11) is 16.3. The fourth-order valence-corrected chi connectivity index (χ4v) is 5.52. The Morgan fingerprint density at radius 1 is 1.10 bits per heavy atom. The van der Waals surface area contributed by atoms with Crippen LogP contribution in [0.15, 0.2) is 35.6 Å². The molecule has 1 aromatic carbocycles. The zero-order valence-corrected chi connectivity index (χ0v) is 24.4. The zero-order chi connectivity index (χ0) is 30.5. The highest BCUT2D eigenvalue weighted by atomic mass is 16.2. The highest BCUT2D eigenvalue weighted by Crippen LogP contribution is 2.28. The summed E-state index contributed by atoms with van der Waals surface area (Å²) >= 11 is 0. The van der Waals surface area contributed by atoms with E-state index in [1.807, 2.05) is 13.0 Å². The van der Waals surface area contributed by atoms with Gasteiger partial charge in [0, 0.05) is 68.0 Å². The van der Waals surface area contributed by atoms with Crippen LogP contribution in [0.5, 0.6) is 0 Å². The van der Waals surface area contributed by atoms with Gasteiger partial charge in [-0.25, -0.2) is 9.97 Å². The number of aryl methyl sites for hydroxylation is 2. The molecule has 3 aromatic heterocycles. The molecule has 11 nitrogen and oxygen atoms in total. The molecule has 3 N–H and O–H groups in total. The van der Waals surface area contributed by atoms with Crippen molar-refractivity contribution in [3.63, 3.8) is 0 Å². The molecular weight excluding hydrogens is 530 g/mol. The number of nitrogens with zero attached hydrogens (tertiary/aromatic N) is 6. The lowest BCUT2D eigenvalue weighted by Crippen LogP contribution is -2.50. The number of carbonyl (C=O) groups excluding carboxylic acids is 2. The molecule has 1 fully saturated rings. The van der Waals surface area contributed by atoms with Crippen LogP contribution in [0.3, 0.4) is 0 Å². The summed E-state index contributed by atoms with van der Waals surface area (Å²) in [6.45, 7) is 8.24. The number of aromatic nitrogens is 4. The number of pyridine rings is 1. The largest absolute Gasteiger partial charge is 0.366 e. The number of carbonyl (C=O) groups is 2. The van der Waals surface area contributed by atoms with Crippen LogP contribution in [0.25, 0.3) is 22.2 Å². The zero-order valence-electron chi connectivity index (χ0n) is 24.4. The van der Waals surface area contributed by atoms with Crippen molar-refractivity contribution in [3.05, 3.63) is 57.9 Å². The van der Waals surface area contributed by atoms with Crippen LogP contribution in [0.1, 0.15) is 28.4 Å². The first-order chi connectivity index (χ1) is 19.9. The van der Waals surface area contributed by atoms with Crippen LogP contribution in [0.2, 0.25) is 0 Å². The molecule has 5 rings (SSSR count). The predicted octanol–water partition coefficient (Wildman–Crippen LogP) is -0.121. The normalized spacial score (nSPS) is 15.7. The summed E-state index contributed by atoms with van der Waals surface area (Å²) in [6.07, 6.45) is 4.77. The molecule has 0 spiro atoms. The number of benzene rings is 1. The Balaban J connectivity index is 1.52. The van der Waals surface area contributed by atoms with Gasteiger partial charge in [0.25, 0.3) is 5.56 Å². The molecule has 1 unspecified atom stereocenters. The Morgan fingerprint density at radius 3 is 2.52 bits per heavy atom. The molecule has 212 valence electrons. The van der Waals surface area contributed by atoms with Gasteiger partial charge in [-0.15, -0.1) is 0 Å². The summed E-state index contributed by atoms with van der Waals surface area (Å²) in [5.74, 6) is -0.192. The summed E-state index contributed by atoms with van der Waals surface area (Å²) in [5, 5.41) is 3.24. The Kier molecular flexibility index (Phi) is 7.72. The van der Waals surface area contributed by atoms with Crippen molar-refractivity contribution in [2.45, 2.75) is 33.4 Å². The highest BCUT2D eigenvalue weighted by Gasteiger charge is 2.24. The predicted molar refractivity (Wildman–Crippen MR) is 166 cm³/mol. The summed E-state index contributed by atoms with van der Waals surface area (Å²) < 4.78 is 2.92. The number of anilines is 2. The number of hydrogen-bond donors (Lipinski definition) is 2. The molecule has 4 heterocycles. The first kappa shape index (κ1) is 29.1. The molecule has 2 amide bonds. The molecule has 0 aliphatic carbocycles. The van der Waals surface area contributed by atoms with Gasteiger partial charge < -0.3 is 30.0 Å². The molecule has 1 aliphatic heterocycles. The van der Waals surface area contributed by atoms with Crippen LogP contribution in [0, 0.1) is 13.8 Å². The number of nitrogens with two attached hydrogens (primary N) is 1. The lowest BCUT2D eigenvalue weighted by Gasteiger charge is -2.39. The van der Waals surface area contributed by atoms with Crippen molar-refractivity contribution in [2.24, 2.45) is 12.8 Å². The number of primary amides is 1. The minimum Gasteiger partial charge on any atom is -0.366 e. The van der Waals surface area contributed by atoms with Crippen molar-refractivity contribution >= 4 is 61.0 Å². The van der Waals surface area contributed by atoms with E-state index in [0.29, 0.717) is 28.0 Å². The molecule has 0 bridgehead atoms. The average molecular weight is 562 g/mol. The molecule has 0 saturated carbocycles. The Labute approximate surface area is 246 Å². The molecule has 13 heteroatoms. The average Bonchev–Trinajstić information content (AvgIpc) is 3.29. The minimum atomic E-state index is -0.673. The van der Waals surface area contributed by atoms with E-state index >= 15 is 0 Å². The lowest BCUT2D eigenvalue weighted by atomic mass is 9.72. The molecule has 1 saturated heterocycles. The summed E-state index contributed by atoms with van der Waals surface area (Å²) in [6, 6.07) is 3.69. The Bertz CT molecular complexity index is 1800. The van der Waals surface area contributed by atoms with Crippen molar-refractivity contribution in [1.82, 2.24) is 24.0 Å². The van der Waals surface area contributed by atoms with Crippen molar-refractivity contribution in [1.29, 1.82) is 0 Å². The third-order valence-corrected chi connectivity index (χ3v) is 7.97. The monoisotopic (exact) mass is 562 g/mol. The second-order valence-corrected chi connectivity index (χ2v) is 11.0. The van der Waals surface area contributed by atoms with Crippen molar-refractivity contribution in [2.75, 3.05) is 36.9 Å². The molecule has 4 radical (unpaired) electrons. The van der Waals surface area contributed by atoms with Crippen LogP contribution < -0.4 is 32.4 Å². The van der Waals surface area contributed by atoms with E-state index in [4.69, 9.17) is 21.4 Å². The number of hydrogen-bond acceptors (Lipinski definition) is 7. The quantitative estimate of drug-likeness (QED) is 0.314. The maximum absolute atomic E-state index is 13.4. The SMILES string of the molecule is [B]c1c(-c2cn(CC(=O)Nc3cc(N4CCN(C)CC4C)ncc3C)c3ncn(C)c(=O)c23)cc(C(N)=O)c(C)c1[B]. The minimum absolute atomic E-state index is 0.136. The van der Waals surface area contributed by atoms with Gasteiger partial charge in [-0.3, -0.25) is 14.4 Å². The van der Waals surface area contributed by atoms with Crippen LogP contribution in [-0.4, -0.2) is 84.2 Å². The number of fused-ring (bicyclic) bond motifs is 1. The smallest absolute Gasteiger partial charge is 0.263 e. The lowest BCUT2D eigenvalue weighted by molar-refractivity contribution is -0.116. The van der Waals surface area contributed by atoms with Gasteiger partial charge in [-0.05, 0) is 50.6 Å². The molecule has 4 aromatic rings. The first-order valence-electron chi connectivity index (χ1n) is 13.6. The highest BCUT2D eigenvalue weighted by molar-refractivity contribution is 6.52. The van der Waals surface area contributed by atoms with E-state index in [1.165, 1.54) is 17.0 Å². The van der Waals surface area contributed by atoms with E-state index in [1.54, 1.807) is 30.9 Å². The van der Waals surface area contributed by atoms with Gasteiger partial charge in [-0.2, -0.15) is 0 Å². The summed E-state index contributed by atoms with van der Waals surface area (Å²) in [5.41, 5.74) is 8.80. The van der Waals surface area contributed by atoms with E-state index in [-0.39, 0.29) is 45.9 Å². The topological polar surface area (TPSA) is 131 Å². The number of likely N-dealkylation sites (N-methyl/N-ethyl adjacent to an activating group) is 1. The van der Waals surface area contributed by atoms with E-state index in [0.717, 1.165) is 31.0 Å². The van der Waals surface area contributed by atoms with Gasteiger partial charge in [0.1, 0.15) is 33.7 Å². The fourth-order valence-electron chi connectivity index (χ4n) is 5.52. The van der Waals surface area contributed by atoms with Gasteiger partial charge >= 0.3 is 0 Å². The van der Waals surface area contributed by atoms with E-state index < -0.39 is 5.91 Å². The number of rotatable bonds is 6. The van der Waals surface area contributed by atoms with E-state index in [9.17, 15) is 14.4 Å². The molecule has 1 atom stereocenters. The van der Waals surface area contributed by atoms with Gasteiger partial charge in [-0.1, -0.05) is 10.9 Å². The fraction of sp³-hybridized carbons (Fsp3) is 0.345. The standard InChI is InChI=1S/C29H32B2N8O3/c1-15-10-33-22(39-7-6-36(4)11-16(39)2)9-21(15)35-23(40)13-38-12-20(24-28(38)34-14-37(5)29(24)42)19-8-18(27(32)41)17(3)25(30)26(19)31/h8-10,12,14,16H,6-7,11,13H2,1-5H3,(H2,32,41)(H,33,35,40). The number of amides is 2. The molecule has 42 heavy (non-hydrogen) atoms.